The number of aliphatic hydroxyl groups is 1. The number of anilines is 1. The molecule has 0 aliphatic heterocycles. The molecule has 0 spiro atoms. The van der Waals surface area contributed by atoms with Crippen molar-refractivity contribution in [2.24, 2.45) is 5.41 Å². The molecule has 0 radical (unpaired) electrons. The lowest BCUT2D eigenvalue weighted by molar-refractivity contribution is 0.142. The predicted molar refractivity (Wildman–Crippen MR) is 66.3 cm³/mol. The van der Waals surface area contributed by atoms with Crippen LogP contribution in [-0.2, 0) is 0 Å². The van der Waals surface area contributed by atoms with Crippen LogP contribution in [0.1, 0.15) is 25.7 Å². The molecular weight excluding hydrogens is 242 g/mol. The second-order valence-electron chi connectivity index (χ2n) is 4.65. The van der Waals surface area contributed by atoms with Crippen molar-refractivity contribution in [3.63, 3.8) is 0 Å². The van der Waals surface area contributed by atoms with Gasteiger partial charge in [-0.05, 0) is 12.8 Å². The normalized spacial score (nSPS) is 18.2. The number of hydrogen-bond acceptors (Lipinski definition) is 4. The van der Waals surface area contributed by atoms with Crippen LogP contribution in [-0.4, -0.2) is 28.5 Å². The van der Waals surface area contributed by atoms with Gasteiger partial charge in [0.1, 0.15) is 5.02 Å². The van der Waals surface area contributed by atoms with Crippen molar-refractivity contribution < 1.29 is 5.11 Å². The van der Waals surface area contributed by atoms with Crippen LogP contribution >= 0.6 is 11.6 Å². The van der Waals surface area contributed by atoms with Gasteiger partial charge in [0, 0.05) is 12.0 Å². The Kier molecular flexibility index (Phi) is 3.69. The quantitative estimate of drug-likeness (QED) is 0.762. The monoisotopic (exact) mass is 257 g/mol. The van der Waals surface area contributed by atoms with E-state index in [0.29, 0.717) is 12.2 Å². The summed E-state index contributed by atoms with van der Waals surface area (Å²) in [4.78, 5) is 11.2. The number of aliphatic hydroxyl groups excluding tert-OH is 1. The summed E-state index contributed by atoms with van der Waals surface area (Å²) < 4.78 is 0. The van der Waals surface area contributed by atoms with E-state index >= 15 is 0 Å². The molecular formula is C11H16ClN3O2. The van der Waals surface area contributed by atoms with E-state index in [1.807, 2.05) is 0 Å². The van der Waals surface area contributed by atoms with E-state index in [1.54, 1.807) is 0 Å². The first-order valence-corrected chi connectivity index (χ1v) is 6.13. The van der Waals surface area contributed by atoms with Crippen molar-refractivity contribution in [3.8, 4) is 0 Å². The van der Waals surface area contributed by atoms with Crippen LogP contribution in [0.3, 0.4) is 0 Å². The SMILES string of the molecule is O=c1[nH]ncc(NCC2(CO)CCCC2)c1Cl. The largest absolute Gasteiger partial charge is 0.396 e. The third kappa shape index (κ3) is 2.61. The lowest BCUT2D eigenvalue weighted by atomic mass is 9.87. The highest BCUT2D eigenvalue weighted by atomic mass is 35.5. The van der Waals surface area contributed by atoms with Crippen molar-refractivity contribution >= 4 is 17.3 Å². The number of H-pyrrole nitrogens is 1. The van der Waals surface area contributed by atoms with Gasteiger partial charge in [0.25, 0.3) is 5.56 Å². The smallest absolute Gasteiger partial charge is 0.285 e. The van der Waals surface area contributed by atoms with Crippen LogP contribution in [0.25, 0.3) is 0 Å². The molecule has 0 bridgehead atoms. The molecule has 5 nitrogen and oxygen atoms in total. The van der Waals surface area contributed by atoms with Crippen molar-refractivity contribution in [2.75, 3.05) is 18.5 Å². The standard InChI is InChI=1S/C11H16ClN3O2/c12-9-8(5-14-15-10(9)17)13-6-11(7-16)3-1-2-4-11/h5,16H,1-4,6-7H2,(H2,13,15,17). The van der Waals surface area contributed by atoms with E-state index in [0.717, 1.165) is 25.7 Å². The number of hydrogen-bond donors (Lipinski definition) is 3. The Hall–Kier alpha value is -1.07. The van der Waals surface area contributed by atoms with Crippen LogP contribution in [0.5, 0.6) is 0 Å². The van der Waals surface area contributed by atoms with Gasteiger partial charge in [0.2, 0.25) is 0 Å². The third-order valence-electron chi connectivity index (χ3n) is 3.45. The van der Waals surface area contributed by atoms with E-state index in [4.69, 9.17) is 11.6 Å². The number of nitrogens with one attached hydrogen (secondary N) is 2. The van der Waals surface area contributed by atoms with Gasteiger partial charge in [-0.3, -0.25) is 4.79 Å². The molecule has 1 saturated carbocycles. The zero-order valence-electron chi connectivity index (χ0n) is 9.50. The molecule has 3 N–H and O–H groups in total. The van der Waals surface area contributed by atoms with Gasteiger partial charge in [-0.2, -0.15) is 5.10 Å². The molecule has 0 amide bonds. The average molecular weight is 258 g/mol. The highest BCUT2D eigenvalue weighted by Gasteiger charge is 2.33. The Balaban J connectivity index is 2.06. The lowest BCUT2D eigenvalue weighted by Crippen LogP contribution is -2.31. The lowest BCUT2D eigenvalue weighted by Gasteiger charge is -2.27. The first kappa shape index (κ1) is 12.4. The molecule has 17 heavy (non-hydrogen) atoms. The predicted octanol–water partition coefficient (Wildman–Crippen LogP) is 1.39. The summed E-state index contributed by atoms with van der Waals surface area (Å²) in [5.41, 5.74) is 0.0441. The molecule has 1 aliphatic rings. The van der Waals surface area contributed by atoms with Crippen LogP contribution in [0.4, 0.5) is 5.69 Å². The molecule has 0 saturated heterocycles. The minimum absolute atomic E-state index is 0.0774. The van der Waals surface area contributed by atoms with Gasteiger partial charge in [-0.25, -0.2) is 5.10 Å². The van der Waals surface area contributed by atoms with Crippen molar-refractivity contribution in [2.45, 2.75) is 25.7 Å². The van der Waals surface area contributed by atoms with Crippen molar-refractivity contribution in [1.29, 1.82) is 0 Å². The molecule has 1 aromatic heterocycles. The molecule has 0 atom stereocenters. The van der Waals surface area contributed by atoms with Gasteiger partial charge in [-0.15, -0.1) is 0 Å². The van der Waals surface area contributed by atoms with Gasteiger partial charge < -0.3 is 10.4 Å². The maximum absolute atomic E-state index is 11.2. The van der Waals surface area contributed by atoms with Crippen molar-refractivity contribution in [3.05, 3.63) is 21.6 Å². The zero-order valence-corrected chi connectivity index (χ0v) is 10.3. The van der Waals surface area contributed by atoms with E-state index in [-0.39, 0.29) is 17.0 Å². The maximum Gasteiger partial charge on any atom is 0.285 e. The van der Waals surface area contributed by atoms with E-state index in [9.17, 15) is 9.90 Å². The molecule has 1 fully saturated rings. The van der Waals surface area contributed by atoms with Crippen molar-refractivity contribution in [1.82, 2.24) is 10.2 Å². The number of aromatic amines is 1. The molecule has 1 aromatic rings. The van der Waals surface area contributed by atoms with Gasteiger partial charge in [0.05, 0.1) is 18.5 Å². The molecule has 6 heteroatoms. The Morgan fingerprint density at radius 3 is 2.88 bits per heavy atom. The minimum Gasteiger partial charge on any atom is -0.396 e. The third-order valence-corrected chi connectivity index (χ3v) is 3.82. The first-order chi connectivity index (χ1) is 8.17. The second kappa shape index (κ2) is 5.06. The number of aromatic nitrogens is 2. The Labute approximate surface area is 104 Å². The highest BCUT2D eigenvalue weighted by molar-refractivity contribution is 6.32. The van der Waals surface area contributed by atoms with Gasteiger partial charge in [-0.1, -0.05) is 24.4 Å². The molecule has 0 aromatic carbocycles. The fourth-order valence-electron chi connectivity index (χ4n) is 2.31. The summed E-state index contributed by atoms with van der Waals surface area (Å²) in [6.45, 7) is 0.780. The summed E-state index contributed by atoms with van der Waals surface area (Å²) in [7, 11) is 0. The molecule has 0 unspecified atom stereocenters. The van der Waals surface area contributed by atoms with E-state index < -0.39 is 5.56 Å². The fourth-order valence-corrected chi connectivity index (χ4v) is 2.46. The molecule has 1 aliphatic carbocycles. The zero-order chi connectivity index (χ0) is 12.3. The van der Waals surface area contributed by atoms with Gasteiger partial charge >= 0.3 is 0 Å². The topological polar surface area (TPSA) is 78.0 Å². The highest BCUT2D eigenvalue weighted by Crippen LogP contribution is 2.37. The van der Waals surface area contributed by atoms with Crippen LogP contribution < -0.4 is 10.9 Å². The summed E-state index contributed by atoms with van der Waals surface area (Å²) >= 11 is 5.86. The Morgan fingerprint density at radius 1 is 1.53 bits per heavy atom. The number of halogens is 1. The first-order valence-electron chi connectivity index (χ1n) is 5.75. The molecule has 1 heterocycles. The maximum atomic E-state index is 11.2. The van der Waals surface area contributed by atoms with Crippen LogP contribution in [0.2, 0.25) is 5.02 Å². The minimum atomic E-state index is -0.402. The fraction of sp³-hybridized carbons (Fsp3) is 0.636. The second-order valence-corrected chi connectivity index (χ2v) is 5.02. The van der Waals surface area contributed by atoms with E-state index in [1.165, 1.54) is 6.20 Å². The molecule has 2 rings (SSSR count). The summed E-state index contributed by atoms with van der Waals surface area (Å²) in [6.07, 6.45) is 5.78. The number of nitrogens with zero attached hydrogens (tertiary/aromatic N) is 1. The van der Waals surface area contributed by atoms with Crippen LogP contribution in [0, 0.1) is 5.41 Å². The van der Waals surface area contributed by atoms with Crippen LogP contribution in [0.15, 0.2) is 11.0 Å². The summed E-state index contributed by atoms with van der Waals surface area (Å²) in [5, 5.41) is 18.6. The van der Waals surface area contributed by atoms with E-state index in [2.05, 4.69) is 15.5 Å². The molecule has 94 valence electrons. The summed E-state index contributed by atoms with van der Waals surface area (Å²) in [5.74, 6) is 0. The number of rotatable bonds is 4. The summed E-state index contributed by atoms with van der Waals surface area (Å²) in [6, 6.07) is 0. The van der Waals surface area contributed by atoms with Gasteiger partial charge in [0.15, 0.2) is 0 Å². The average Bonchev–Trinajstić information content (AvgIpc) is 2.81. The Morgan fingerprint density at radius 2 is 2.24 bits per heavy atom. The Bertz CT molecular complexity index is 441.